The van der Waals surface area contributed by atoms with E-state index in [1.165, 1.54) is 0 Å². The molecule has 17 heavy (non-hydrogen) atoms. The molecular formula is C12H19N3O2. The molecule has 1 fully saturated rings. The van der Waals surface area contributed by atoms with Gasteiger partial charge in [-0.3, -0.25) is 9.89 Å². The van der Waals surface area contributed by atoms with Crippen LogP contribution in [0.25, 0.3) is 0 Å². The van der Waals surface area contributed by atoms with Crippen molar-refractivity contribution in [3.63, 3.8) is 0 Å². The summed E-state index contributed by atoms with van der Waals surface area (Å²) in [6.45, 7) is 4.50. The summed E-state index contributed by atoms with van der Waals surface area (Å²) in [6.07, 6.45) is 2.96. The smallest absolute Gasteiger partial charge is 0.255 e. The Morgan fingerprint density at radius 1 is 1.53 bits per heavy atom. The third-order valence-corrected chi connectivity index (χ3v) is 3.58. The number of H-pyrrole nitrogens is 1. The highest BCUT2D eigenvalue weighted by atomic mass is 16.3. The minimum Gasteiger partial charge on any atom is -0.396 e. The lowest BCUT2D eigenvalue weighted by molar-refractivity contribution is 0.0939. The Morgan fingerprint density at radius 3 is 2.71 bits per heavy atom. The van der Waals surface area contributed by atoms with Gasteiger partial charge in [-0.05, 0) is 38.5 Å². The number of nitrogens with zero attached hydrogens (tertiary/aromatic N) is 1. The van der Waals surface area contributed by atoms with E-state index in [4.69, 9.17) is 5.11 Å². The van der Waals surface area contributed by atoms with Crippen LogP contribution >= 0.6 is 0 Å². The zero-order chi connectivity index (χ0) is 12.5. The number of rotatable bonds is 5. The third kappa shape index (κ3) is 2.49. The number of carbonyl (C=O) groups excluding carboxylic acids is 1. The predicted molar refractivity (Wildman–Crippen MR) is 63.8 cm³/mol. The summed E-state index contributed by atoms with van der Waals surface area (Å²) < 4.78 is 0. The summed E-state index contributed by atoms with van der Waals surface area (Å²) in [4.78, 5) is 12.0. The maximum atomic E-state index is 12.0. The minimum absolute atomic E-state index is 0.0713. The Kier molecular flexibility index (Phi) is 3.19. The average molecular weight is 237 g/mol. The Bertz CT molecular complexity index is 402. The second kappa shape index (κ2) is 4.49. The van der Waals surface area contributed by atoms with Crippen molar-refractivity contribution in [2.24, 2.45) is 5.41 Å². The zero-order valence-electron chi connectivity index (χ0n) is 10.3. The molecule has 0 unspecified atom stereocenters. The fourth-order valence-corrected chi connectivity index (χ4v) is 2.17. The number of amides is 1. The van der Waals surface area contributed by atoms with E-state index in [1.54, 1.807) is 0 Å². The molecular weight excluding hydrogens is 218 g/mol. The van der Waals surface area contributed by atoms with Gasteiger partial charge in [-0.2, -0.15) is 5.10 Å². The molecule has 3 N–H and O–H groups in total. The lowest BCUT2D eigenvalue weighted by atomic mass is 10.0. The summed E-state index contributed by atoms with van der Waals surface area (Å²) in [7, 11) is 0. The van der Waals surface area contributed by atoms with E-state index in [0.717, 1.165) is 30.7 Å². The van der Waals surface area contributed by atoms with E-state index < -0.39 is 0 Å². The second-order valence-corrected chi connectivity index (χ2v) is 4.97. The Hall–Kier alpha value is -1.36. The lowest BCUT2D eigenvalue weighted by Gasteiger charge is -2.14. The number of aliphatic hydroxyl groups excluding tert-OH is 1. The summed E-state index contributed by atoms with van der Waals surface area (Å²) in [5.41, 5.74) is 2.32. The molecule has 0 bridgehead atoms. The Balaban J connectivity index is 1.94. The fraction of sp³-hybridized carbons (Fsp3) is 0.667. The Labute approximate surface area is 101 Å². The quantitative estimate of drug-likeness (QED) is 0.712. The van der Waals surface area contributed by atoms with Crippen LogP contribution in [0.15, 0.2) is 0 Å². The van der Waals surface area contributed by atoms with Crippen molar-refractivity contribution in [1.29, 1.82) is 0 Å². The zero-order valence-corrected chi connectivity index (χ0v) is 10.3. The van der Waals surface area contributed by atoms with Crippen molar-refractivity contribution in [3.05, 3.63) is 17.0 Å². The molecule has 2 rings (SSSR count). The third-order valence-electron chi connectivity index (χ3n) is 3.58. The number of hydrogen-bond acceptors (Lipinski definition) is 3. The molecule has 0 aromatic carbocycles. The molecule has 5 heteroatoms. The summed E-state index contributed by atoms with van der Waals surface area (Å²) >= 11 is 0. The number of aliphatic hydroxyl groups is 1. The van der Waals surface area contributed by atoms with Gasteiger partial charge in [0.25, 0.3) is 5.91 Å². The van der Waals surface area contributed by atoms with Crippen molar-refractivity contribution >= 4 is 5.91 Å². The SMILES string of the molecule is Cc1n[nH]c(C)c1C(=O)NCC1(CCO)CC1. The molecule has 0 spiro atoms. The molecule has 0 atom stereocenters. The van der Waals surface area contributed by atoms with Crippen LogP contribution in [0.5, 0.6) is 0 Å². The highest BCUT2D eigenvalue weighted by molar-refractivity contribution is 5.96. The predicted octanol–water partition coefficient (Wildman–Crippen LogP) is 0.919. The highest BCUT2D eigenvalue weighted by Gasteiger charge is 2.42. The van der Waals surface area contributed by atoms with E-state index >= 15 is 0 Å². The maximum Gasteiger partial charge on any atom is 0.255 e. The van der Waals surface area contributed by atoms with Gasteiger partial charge in [0.05, 0.1) is 11.3 Å². The first kappa shape index (κ1) is 12.1. The van der Waals surface area contributed by atoms with Crippen LogP contribution in [0.3, 0.4) is 0 Å². The number of hydrogen-bond donors (Lipinski definition) is 3. The molecule has 1 heterocycles. The van der Waals surface area contributed by atoms with Crippen molar-refractivity contribution in [2.75, 3.05) is 13.2 Å². The highest BCUT2D eigenvalue weighted by Crippen LogP contribution is 2.47. The maximum absolute atomic E-state index is 12.0. The molecule has 0 aliphatic heterocycles. The van der Waals surface area contributed by atoms with Crippen LogP contribution in [0, 0.1) is 19.3 Å². The van der Waals surface area contributed by atoms with Gasteiger partial charge in [0.2, 0.25) is 0 Å². The van der Waals surface area contributed by atoms with E-state index in [2.05, 4.69) is 15.5 Å². The molecule has 1 aliphatic rings. The average Bonchev–Trinajstić information content (AvgIpc) is 2.97. The molecule has 5 nitrogen and oxygen atoms in total. The van der Waals surface area contributed by atoms with E-state index in [1.807, 2.05) is 13.8 Å². The first-order valence-electron chi connectivity index (χ1n) is 5.99. The summed E-state index contributed by atoms with van der Waals surface area (Å²) in [5, 5.41) is 18.7. The van der Waals surface area contributed by atoms with Gasteiger partial charge in [0.15, 0.2) is 0 Å². The van der Waals surface area contributed by atoms with Crippen LogP contribution < -0.4 is 5.32 Å². The van der Waals surface area contributed by atoms with Gasteiger partial charge < -0.3 is 10.4 Å². The molecule has 1 aromatic heterocycles. The second-order valence-electron chi connectivity index (χ2n) is 4.97. The van der Waals surface area contributed by atoms with Crippen molar-refractivity contribution < 1.29 is 9.90 Å². The van der Waals surface area contributed by atoms with Gasteiger partial charge in [-0.15, -0.1) is 0 Å². The van der Waals surface area contributed by atoms with Crippen molar-refractivity contribution in [2.45, 2.75) is 33.1 Å². The first-order chi connectivity index (χ1) is 8.08. The van der Waals surface area contributed by atoms with Crippen LogP contribution in [-0.2, 0) is 0 Å². The van der Waals surface area contributed by atoms with Gasteiger partial charge in [0.1, 0.15) is 0 Å². The molecule has 1 aliphatic carbocycles. The van der Waals surface area contributed by atoms with Crippen molar-refractivity contribution in [3.8, 4) is 0 Å². The largest absolute Gasteiger partial charge is 0.396 e. The van der Waals surface area contributed by atoms with Gasteiger partial charge >= 0.3 is 0 Å². The van der Waals surface area contributed by atoms with E-state index in [0.29, 0.717) is 12.1 Å². The normalized spacial score (nSPS) is 16.9. The minimum atomic E-state index is -0.0713. The van der Waals surface area contributed by atoms with Gasteiger partial charge in [-0.25, -0.2) is 0 Å². The van der Waals surface area contributed by atoms with Crippen molar-refractivity contribution in [1.82, 2.24) is 15.5 Å². The summed E-state index contributed by atoms with van der Waals surface area (Å²) in [6, 6.07) is 0. The molecule has 1 amide bonds. The van der Waals surface area contributed by atoms with Crippen LogP contribution in [0.2, 0.25) is 0 Å². The molecule has 0 radical (unpaired) electrons. The van der Waals surface area contributed by atoms with E-state index in [9.17, 15) is 4.79 Å². The van der Waals surface area contributed by atoms with Crippen LogP contribution in [0.1, 0.15) is 41.0 Å². The fourth-order valence-electron chi connectivity index (χ4n) is 2.17. The van der Waals surface area contributed by atoms with Gasteiger partial charge in [-0.1, -0.05) is 0 Å². The summed E-state index contributed by atoms with van der Waals surface area (Å²) in [5.74, 6) is -0.0713. The van der Waals surface area contributed by atoms with Crippen LogP contribution in [0.4, 0.5) is 0 Å². The first-order valence-corrected chi connectivity index (χ1v) is 5.99. The lowest BCUT2D eigenvalue weighted by Crippen LogP contribution is -2.31. The number of nitrogens with one attached hydrogen (secondary N) is 2. The van der Waals surface area contributed by atoms with E-state index in [-0.39, 0.29) is 17.9 Å². The standard InChI is InChI=1S/C12H19N3O2/c1-8-10(9(2)15-14-8)11(17)13-7-12(3-4-12)5-6-16/h16H,3-7H2,1-2H3,(H,13,17)(H,14,15). The molecule has 1 saturated carbocycles. The molecule has 94 valence electrons. The number of aromatic nitrogens is 2. The monoisotopic (exact) mass is 237 g/mol. The number of aryl methyl sites for hydroxylation is 2. The topological polar surface area (TPSA) is 78.0 Å². The number of carbonyl (C=O) groups is 1. The molecule has 0 saturated heterocycles. The van der Waals surface area contributed by atoms with Gasteiger partial charge in [0, 0.05) is 18.8 Å². The Morgan fingerprint density at radius 2 is 2.24 bits per heavy atom. The molecule has 1 aromatic rings. The number of aromatic amines is 1. The van der Waals surface area contributed by atoms with Crippen LogP contribution in [-0.4, -0.2) is 34.4 Å².